The number of carbonyl (C=O) groups excluding carboxylic acids is 2. The third-order valence-electron chi connectivity index (χ3n) is 5.01. The van der Waals surface area contributed by atoms with E-state index < -0.39 is 0 Å². The van der Waals surface area contributed by atoms with Crippen molar-refractivity contribution >= 4 is 23.2 Å². The minimum Gasteiger partial charge on any atom is -0.354 e. The standard InChI is InChI=1S/C22H28N4O2/c1-16(27)25-11-13-26(14-12-25)21(28)20-10-9-17(15-23-20)24-19-8-6-5-7-18(19)22(2,3)4/h5-10,15,24H,11-14H2,1-4H3. The number of hydrogen-bond acceptors (Lipinski definition) is 4. The summed E-state index contributed by atoms with van der Waals surface area (Å²) in [6.45, 7) is 10.3. The van der Waals surface area contributed by atoms with Gasteiger partial charge in [-0.15, -0.1) is 0 Å². The number of rotatable bonds is 3. The Kier molecular flexibility index (Phi) is 5.68. The zero-order chi connectivity index (χ0) is 20.3. The Bertz CT molecular complexity index is 848. The van der Waals surface area contributed by atoms with Crippen LogP contribution in [-0.4, -0.2) is 52.8 Å². The van der Waals surface area contributed by atoms with Crippen LogP contribution in [0.3, 0.4) is 0 Å². The van der Waals surface area contributed by atoms with Crippen LogP contribution in [0.5, 0.6) is 0 Å². The molecule has 1 fully saturated rings. The second-order valence-corrected chi connectivity index (χ2v) is 8.15. The first-order chi connectivity index (χ1) is 13.3. The molecule has 0 saturated carbocycles. The molecule has 1 aromatic carbocycles. The molecule has 28 heavy (non-hydrogen) atoms. The number of carbonyl (C=O) groups is 2. The number of hydrogen-bond donors (Lipinski definition) is 1. The van der Waals surface area contributed by atoms with Crippen LogP contribution in [0.15, 0.2) is 42.6 Å². The Balaban J connectivity index is 1.68. The average molecular weight is 380 g/mol. The van der Waals surface area contributed by atoms with Gasteiger partial charge in [0.25, 0.3) is 5.91 Å². The number of nitrogens with one attached hydrogen (secondary N) is 1. The second kappa shape index (κ2) is 8.00. The molecule has 148 valence electrons. The van der Waals surface area contributed by atoms with E-state index in [2.05, 4.69) is 37.1 Å². The monoisotopic (exact) mass is 380 g/mol. The molecular weight excluding hydrogens is 352 g/mol. The van der Waals surface area contributed by atoms with E-state index >= 15 is 0 Å². The second-order valence-electron chi connectivity index (χ2n) is 8.15. The Morgan fingerprint density at radius 1 is 0.964 bits per heavy atom. The highest BCUT2D eigenvalue weighted by atomic mass is 16.2. The van der Waals surface area contributed by atoms with Gasteiger partial charge in [-0.1, -0.05) is 39.0 Å². The topological polar surface area (TPSA) is 65.5 Å². The van der Waals surface area contributed by atoms with E-state index in [1.165, 1.54) is 5.56 Å². The molecule has 1 aliphatic heterocycles. The summed E-state index contributed by atoms with van der Waals surface area (Å²) in [5.74, 6) is -0.0407. The molecule has 2 amide bonds. The fraction of sp³-hybridized carbons (Fsp3) is 0.409. The molecule has 0 atom stereocenters. The van der Waals surface area contributed by atoms with Gasteiger partial charge in [-0.05, 0) is 29.2 Å². The lowest BCUT2D eigenvalue weighted by atomic mass is 9.86. The molecular formula is C22H28N4O2. The van der Waals surface area contributed by atoms with E-state index in [9.17, 15) is 9.59 Å². The summed E-state index contributed by atoms with van der Waals surface area (Å²) in [7, 11) is 0. The summed E-state index contributed by atoms with van der Waals surface area (Å²) in [5, 5.41) is 3.41. The van der Waals surface area contributed by atoms with Crippen LogP contribution in [0.2, 0.25) is 0 Å². The van der Waals surface area contributed by atoms with Gasteiger partial charge in [0, 0.05) is 38.8 Å². The smallest absolute Gasteiger partial charge is 0.272 e. The number of benzene rings is 1. The fourth-order valence-corrected chi connectivity index (χ4v) is 3.38. The predicted molar refractivity (Wildman–Crippen MR) is 111 cm³/mol. The highest BCUT2D eigenvalue weighted by Crippen LogP contribution is 2.31. The molecule has 6 nitrogen and oxygen atoms in total. The van der Waals surface area contributed by atoms with Crippen molar-refractivity contribution in [2.75, 3.05) is 31.5 Å². The van der Waals surface area contributed by atoms with Gasteiger partial charge in [0.1, 0.15) is 5.69 Å². The van der Waals surface area contributed by atoms with Crippen molar-refractivity contribution < 1.29 is 9.59 Å². The molecule has 2 heterocycles. The third kappa shape index (κ3) is 4.50. The summed E-state index contributed by atoms with van der Waals surface area (Å²) >= 11 is 0. The van der Waals surface area contributed by atoms with Crippen LogP contribution in [0.4, 0.5) is 11.4 Å². The summed E-state index contributed by atoms with van der Waals surface area (Å²) in [6.07, 6.45) is 1.69. The maximum Gasteiger partial charge on any atom is 0.272 e. The fourth-order valence-electron chi connectivity index (χ4n) is 3.38. The number of nitrogens with zero attached hydrogens (tertiary/aromatic N) is 3. The first kappa shape index (κ1) is 19.9. The van der Waals surface area contributed by atoms with Crippen LogP contribution in [0, 0.1) is 0 Å². The highest BCUT2D eigenvalue weighted by molar-refractivity contribution is 5.92. The van der Waals surface area contributed by atoms with E-state index in [1.54, 1.807) is 29.0 Å². The van der Waals surface area contributed by atoms with Crippen molar-refractivity contribution in [2.24, 2.45) is 0 Å². The van der Waals surface area contributed by atoms with Crippen molar-refractivity contribution in [3.05, 3.63) is 53.9 Å². The minimum atomic E-state index is -0.0927. The molecule has 3 rings (SSSR count). The van der Waals surface area contributed by atoms with E-state index in [-0.39, 0.29) is 17.2 Å². The SMILES string of the molecule is CC(=O)N1CCN(C(=O)c2ccc(Nc3ccccc3C(C)(C)C)cn2)CC1. The van der Waals surface area contributed by atoms with E-state index in [0.717, 1.165) is 11.4 Å². The molecule has 0 bridgehead atoms. The maximum absolute atomic E-state index is 12.7. The van der Waals surface area contributed by atoms with Crippen LogP contribution in [0.25, 0.3) is 0 Å². The summed E-state index contributed by atoms with van der Waals surface area (Å²) in [4.78, 5) is 32.0. The van der Waals surface area contributed by atoms with Gasteiger partial charge in [0.15, 0.2) is 0 Å². The Morgan fingerprint density at radius 2 is 1.61 bits per heavy atom. The molecule has 0 aliphatic carbocycles. The first-order valence-corrected chi connectivity index (χ1v) is 9.63. The van der Waals surface area contributed by atoms with Crippen LogP contribution < -0.4 is 5.32 Å². The zero-order valence-corrected chi connectivity index (χ0v) is 17.0. The Hall–Kier alpha value is -2.89. The highest BCUT2D eigenvalue weighted by Gasteiger charge is 2.24. The van der Waals surface area contributed by atoms with Gasteiger partial charge in [0.05, 0.1) is 11.9 Å². The molecule has 0 spiro atoms. The molecule has 0 unspecified atom stereocenters. The van der Waals surface area contributed by atoms with Crippen molar-refractivity contribution in [3.8, 4) is 0 Å². The minimum absolute atomic E-state index is 0.0228. The van der Waals surface area contributed by atoms with E-state index in [4.69, 9.17) is 0 Å². The van der Waals surface area contributed by atoms with Crippen LogP contribution >= 0.6 is 0 Å². The molecule has 1 N–H and O–H groups in total. The van der Waals surface area contributed by atoms with Crippen molar-refractivity contribution in [3.63, 3.8) is 0 Å². The largest absolute Gasteiger partial charge is 0.354 e. The lowest BCUT2D eigenvalue weighted by molar-refractivity contribution is -0.130. The molecule has 6 heteroatoms. The molecule has 2 aromatic rings. The van der Waals surface area contributed by atoms with E-state index in [0.29, 0.717) is 31.9 Å². The predicted octanol–water partition coefficient (Wildman–Crippen LogP) is 3.43. The number of piperazine rings is 1. The quantitative estimate of drug-likeness (QED) is 0.886. The molecule has 1 saturated heterocycles. The lowest BCUT2D eigenvalue weighted by Gasteiger charge is -2.34. The van der Waals surface area contributed by atoms with Crippen LogP contribution in [0.1, 0.15) is 43.7 Å². The molecule has 0 radical (unpaired) electrons. The summed E-state index contributed by atoms with van der Waals surface area (Å²) in [6, 6.07) is 11.8. The van der Waals surface area contributed by atoms with Gasteiger partial charge in [0.2, 0.25) is 5.91 Å². The number of aromatic nitrogens is 1. The maximum atomic E-state index is 12.7. The summed E-state index contributed by atoms with van der Waals surface area (Å²) in [5.41, 5.74) is 3.55. The van der Waals surface area contributed by atoms with Crippen LogP contribution in [-0.2, 0) is 10.2 Å². The number of para-hydroxylation sites is 1. The average Bonchev–Trinajstić information content (AvgIpc) is 2.68. The zero-order valence-electron chi connectivity index (χ0n) is 17.0. The van der Waals surface area contributed by atoms with Crippen molar-refractivity contribution in [1.82, 2.24) is 14.8 Å². The normalized spacial score (nSPS) is 14.7. The van der Waals surface area contributed by atoms with Gasteiger partial charge in [-0.2, -0.15) is 0 Å². The Morgan fingerprint density at radius 3 is 2.18 bits per heavy atom. The van der Waals surface area contributed by atoms with Gasteiger partial charge in [-0.25, -0.2) is 4.98 Å². The third-order valence-corrected chi connectivity index (χ3v) is 5.01. The van der Waals surface area contributed by atoms with Gasteiger partial charge < -0.3 is 15.1 Å². The van der Waals surface area contributed by atoms with Crippen molar-refractivity contribution in [1.29, 1.82) is 0 Å². The summed E-state index contributed by atoms with van der Waals surface area (Å²) < 4.78 is 0. The van der Waals surface area contributed by atoms with Gasteiger partial charge in [-0.3, -0.25) is 9.59 Å². The van der Waals surface area contributed by atoms with E-state index in [1.807, 2.05) is 24.3 Å². The molecule has 1 aromatic heterocycles. The van der Waals surface area contributed by atoms with Gasteiger partial charge >= 0.3 is 0 Å². The number of amides is 2. The van der Waals surface area contributed by atoms with Crippen molar-refractivity contribution in [2.45, 2.75) is 33.1 Å². The molecule has 1 aliphatic rings. The Labute approximate surface area is 166 Å². The number of anilines is 2. The number of pyridine rings is 1. The lowest BCUT2D eigenvalue weighted by Crippen LogP contribution is -2.50. The first-order valence-electron chi connectivity index (χ1n) is 9.63.